The van der Waals surface area contributed by atoms with E-state index in [1.807, 2.05) is 42.7 Å². The third-order valence-corrected chi connectivity index (χ3v) is 5.60. The number of nitrogens with zero attached hydrogens (tertiary/aromatic N) is 2. The maximum absolute atomic E-state index is 12.9. The van der Waals surface area contributed by atoms with Gasteiger partial charge in [-0.2, -0.15) is 9.59 Å². The summed E-state index contributed by atoms with van der Waals surface area (Å²) in [5, 5.41) is 7.10. The molecular formula is C28H21N3O3. The topological polar surface area (TPSA) is 89.0 Å². The van der Waals surface area contributed by atoms with Gasteiger partial charge in [0.2, 0.25) is 0 Å². The number of carbonyl (C=O) groups is 1. The monoisotopic (exact) mass is 447 g/mol. The van der Waals surface area contributed by atoms with Gasteiger partial charge in [-0.3, -0.25) is 14.8 Å². The molecule has 1 N–H and O–H groups in total. The van der Waals surface area contributed by atoms with E-state index in [4.69, 9.17) is 9.59 Å². The molecule has 0 radical (unpaired) electrons. The summed E-state index contributed by atoms with van der Waals surface area (Å²) in [5.41, 5.74) is 5.25. The second kappa shape index (κ2) is 10.3. The summed E-state index contributed by atoms with van der Waals surface area (Å²) in [7, 11) is 0. The molecule has 0 atom stereocenters. The van der Waals surface area contributed by atoms with Crippen molar-refractivity contribution in [2.45, 2.75) is 13.5 Å². The number of nitrogens with one attached hydrogen (secondary N) is 1. The minimum Gasteiger partial charge on any atom is -0.348 e. The van der Waals surface area contributed by atoms with E-state index in [-0.39, 0.29) is 12.1 Å². The largest absolute Gasteiger partial charge is 0.373 e. The minimum atomic E-state index is -0.100. The number of rotatable bonds is 4. The second-order valence-electron chi connectivity index (χ2n) is 7.73. The Hall–Kier alpha value is -4.67. The number of fused-ring (bicyclic) bond motifs is 2. The lowest BCUT2D eigenvalue weighted by Gasteiger charge is -2.13. The zero-order valence-electron chi connectivity index (χ0n) is 18.5. The predicted octanol–water partition coefficient (Wildman–Crippen LogP) is 5.10. The van der Waals surface area contributed by atoms with Crippen molar-refractivity contribution in [2.24, 2.45) is 0 Å². The molecular weight excluding hydrogens is 426 g/mol. The number of benzene rings is 3. The van der Waals surface area contributed by atoms with Crippen molar-refractivity contribution in [3.05, 3.63) is 108 Å². The molecule has 0 fully saturated rings. The van der Waals surface area contributed by atoms with Crippen LogP contribution < -0.4 is 5.32 Å². The van der Waals surface area contributed by atoms with E-state index in [1.165, 1.54) is 11.1 Å². The molecule has 34 heavy (non-hydrogen) atoms. The van der Waals surface area contributed by atoms with Gasteiger partial charge in [-0.05, 0) is 52.6 Å². The number of hydrogen-bond acceptors (Lipinski definition) is 5. The predicted molar refractivity (Wildman–Crippen MR) is 130 cm³/mol. The van der Waals surface area contributed by atoms with Crippen LogP contribution in [0.25, 0.3) is 32.7 Å². The minimum absolute atomic E-state index is 0.100. The fourth-order valence-corrected chi connectivity index (χ4v) is 4.06. The summed E-state index contributed by atoms with van der Waals surface area (Å²) in [6.07, 6.45) is 7.42. The Morgan fingerprint density at radius 2 is 1.59 bits per heavy atom. The van der Waals surface area contributed by atoms with Crippen LogP contribution in [0.4, 0.5) is 0 Å². The van der Waals surface area contributed by atoms with Gasteiger partial charge in [0.15, 0.2) is 0 Å². The van der Waals surface area contributed by atoms with Gasteiger partial charge < -0.3 is 5.32 Å². The molecule has 1 amide bonds. The molecule has 166 valence electrons. The fraction of sp³-hybridized carbons (Fsp3) is 0.0714. The normalized spacial score (nSPS) is 10.3. The van der Waals surface area contributed by atoms with E-state index in [2.05, 4.69) is 58.6 Å². The Balaban J connectivity index is 0.000000868. The Kier molecular flexibility index (Phi) is 6.82. The summed E-state index contributed by atoms with van der Waals surface area (Å²) in [5.74, 6) is -0.100. The number of aryl methyl sites for hydroxylation is 1. The van der Waals surface area contributed by atoms with Crippen molar-refractivity contribution in [1.82, 2.24) is 15.3 Å². The van der Waals surface area contributed by atoms with Gasteiger partial charge in [-0.15, -0.1) is 0 Å². The van der Waals surface area contributed by atoms with Crippen molar-refractivity contribution < 1.29 is 14.4 Å². The highest BCUT2D eigenvalue weighted by atomic mass is 16.2. The van der Waals surface area contributed by atoms with Crippen molar-refractivity contribution >= 4 is 33.6 Å². The van der Waals surface area contributed by atoms with Gasteiger partial charge in [0.1, 0.15) is 0 Å². The molecule has 0 saturated carbocycles. The van der Waals surface area contributed by atoms with Crippen molar-refractivity contribution in [1.29, 1.82) is 0 Å². The van der Waals surface area contributed by atoms with Crippen molar-refractivity contribution in [3.8, 4) is 11.1 Å². The Morgan fingerprint density at radius 1 is 0.853 bits per heavy atom. The number of carbonyl (C=O) groups excluding carboxylic acids is 3. The summed E-state index contributed by atoms with van der Waals surface area (Å²) < 4.78 is 0. The van der Waals surface area contributed by atoms with Gasteiger partial charge in [0.05, 0.1) is 0 Å². The molecule has 5 aromatic rings. The van der Waals surface area contributed by atoms with E-state index in [1.54, 1.807) is 12.4 Å². The zero-order valence-corrected chi connectivity index (χ0v) is 18.5. The Labute approximate surface area is 196 Å². The summed E-state index contributed by atoms with van der Waals surface area (Å²) in [4.78, 5) is 37.7. The molecule has 0 bridgehead atoms. The average molecular weight is 447 g/mol. The molecule has 0 aliphatic heterocycles. The van der Waals surface area contributed by atoms with Gasteiger partial charge >= 0.3 is 6.15 Å². The first-order valence-corrected chi connectivity index (χ1v) is 10.6. The van der Waals surface area contributed by atoms with E-state index < -0.39 is 0 Å². The van der Waals surface area contributed by atoms with E-state index in [9.17, 15) is 4.79 Å². The van der Waals surface area contributed by atoms with E-state index >= 15 is 0 Å². The van der Waals surface area contributed by atoms with Gasteiger partial charge in [0.25, 0.3) is 5.91 Å². The molecule has 0 saturated heterocycles. The highest BCUT2D eigenvalue weighted by Gasteiger charge is 2.12. The maximum atomic E-state index is 12.9. The lowest BCUT2D eigenvalue weighted by Crippen LogP contribution is -2.23. The number of amides is 1. The molecule has 2 aromatic heterocycles. The molecule has 0 unspecified atom stereocenters. The van der Waals surface area contributed by atoms with Crippen LogP contribution in [0.5, 0.6) is 0 Å². The SMILES string of the molecule is Cc1cccc(-c2ccc(CNC(=O)c3cccc4cnccc34)c3cnccc23)c1.O=C=O. The molecule has 0 aliphatic carbocycles. The first-order chi connectivity index (χ1) is 16.6. The van der Waals surface area contributed by atoms with Crippen molar-refractivity contribution in [2.75, 3.05) is 0 Å². The maximum Gasteiger partial charge on any atom is 0.373 e. The average Bonchev–Trinajstić information content (AvgIpc) is 2.87. The lowest BCUT2D eigenvalue weighted by molar-refractivity contribution is -0.191. The molecule has 6 nitrogen and oxygen atoms in total. The number of aromatic nitrogens is 2. The third-order valence-electron chi connectivity index (χ3n) is 5.60. The molecule has 3 aromatic carbocycles. The zero-order chi connectivity index (χ0) is 23.9. The van der Waals surface area contributed by atoms with Crippen LogP contribution in [0, 0.1) is 6.92 Å². The van der Waals surface area contributed by atoms with Crippen LogP contribution in [-0.4, -0.2) is 22.0 Å². The quantitative estimate of drug-likeness (QED) is 0.414. The van der Waals surface area contributed by atoms with Gasteiger partial charge in [0, 0.05) is 47.7 Å². The second-order valence-corrected chi connectivity index (χ2v) is 7.73. The van der Waals surface area contributed by atoms with E-state index in [0.717, 1.165) is 32.7 Å². The van der Waals surface area contributed by atoms with Crippen LogP contribution in [-0.2, 0) is 16.1 Å². The lowest BCUT2D eigenvalue weighted by atomic mass is 9.95. The molecule has 6 heteroatoms. The highest BCUT2D eigenvalue weighted by molar-refractivity contribution is 6.07. The first-order valence-electron chi connectivity index (χ1n) is 10.6. The summed E-state index contributed by atoms with van der Waals surface area (Å²) >= 11 is 0. The molecule has 0 spiro atoms. The number of hydrogen-bond donors (Lipinski definition) is 1. The van der Waals surface area contributed by atoms with Crippen LogP contribution >= 0.6 is 0 Å². The Morgan fingerprint density at radius 3 is 2.38 bits per heavy atom. The van der Waals surface area contributed by atoms with Crippen LogP contribution in [0.3, 0.4) is 0 Å². The van der Waals surface area contributed by atoms with Gasteiger partial charge in [-0.25, -0.2) is 0 Å². The summed E-state index contributed by atoms with van der Waals surface area (Å²) in [6, 6.07) is 22.3. The summed E-state index contributed by atoms with van der Waals surface area (Å²) in [6.45, 7) is 2.52. The molecule has 0 aliphatic rings. The van der Waals surface area contributed by atoms with Gasteiger partial charge in [-0.1, -0.05) is 54.1 Å². The van der Waals surface area contributed by atoms with Crippen molar-refractivity contribution in [3.63, 3.8) is 0 Å². The molecule has 2 heterocycles. The van der Waals surface area contributed by atoms with E-state index in [0.29, 0.717) is 12.1 Å². The highest BCUT2D eigenvalue weighted by Crippen LogP contribution is 2.31. The van der Waals surface area contributed by atoms with Crippen LogP contribution in [0.1, 0.15) is 21.5 Å². The smallest absolute Gasteiger partial charge is 0.348 e. The van der Waals surface area contributed by atoms with Crippen LogP contribution in [0.15, 0.2) is 91.5 Å². The fourth-order valence-electron chi connectivity index (χ4n) is 4.06. The van der Waals surface area contributed by atoms with Crippen LogP contribution in [0.2, 0.25) is 0 Å². The third kappa shape index (κ3) is 4.72. The first kappa shape index (κ1) is 22.5. The Bertz CT molecular complexity index is 1520. The number of pyridine rings is 2. The standard InChI is InChI=1S/C27H21N3O.CO2/c1-18-4-2-5-19(14-18)22-9-8-21(26-17-29-13-11-24(22)26)16-30-27(31)25-7-3-6-20-15-28-12-10-23(20)25;2-1-3/h2-15,17H,16H2,1H3,(H,30,31);. The molecule has 5 rings (SSSR count).